The summed E-state index contributed by atoms with van der Waals surface area (Å²) in [6.45, 7) is 7.34. The fourth-order valence-electron chi connectivity index (χ4n) is 3.22. The third-order valence-corrected chi connectivity index (χ3v) is 4.63. The van der Waals surface area contributed by atoms with Crippen molar-refractivity contribution >= 4 is 33.8 Å². The Morgan fingerprint density at radius 2 is 1.89 bits per heavy atom. The Labute approximate surface area is 164 Å². The van der Waals surface area contributed by atoms with Crippen LogP contribution in [0.25, 0.3) is 10.8 Å². The molecule has 3 aromatic rings. The number of anilines is 3. The molecular formula is C21H25N5O2. The van der Waals surface area contributed by atoms with Crippen molar-refractivity contribution in [3.05, 3.63) is 58.9 Å². The van der Waals surface area contributed by atoms with Crippen molar-refractivity contribution in [2.24, 2.45) is 5.92 Å². The second-order valence-corrected chi connectivity index (χ2v) is 7.00. The number of fused-ring (bicyclic) bond motifs is 1. The van der Waals surface area contributed by atoms with Gasteiger partial charge in [-0.1, -0.05) is 50.2 Å². The summed E-state index contributed by atoms with van der Waals surface area (Å²) in [6.07, 6.45) is 2.28. The van der Waals surface area contributed by atoms with E-state index < -0.39 is 4.92 Å². The Morgan fingerprint density at radius 3 is 2.61 bits per heavy atom. The molecule has 0 unspecified atom stereocenters. The maximum Gasteiger partial charge on any atom is 0.353 e. The van der Waals surface area contributed by atoms with Crippen molar-refractivity contribution in [3.63, 3.8) is 0 Å². The first-order valence-electron chi connectivity index (χ1n) is 9.51. The largest absolute Gasteiger partial charge is 0.364 e. The smallest absolute Gasteiger partial charge is 0.353 e. The second kappa shape index (κ2) is 8.65. The molecule has 3 rings (SSSR count). The summed E-state index contributed by atoms with van der Waals surface area (Å²) in [6, 6.07) is 13.9. The van der Waals surface area contributed by atoms with Crippen LogP contribution in [-0.2, 0) is 0 Å². The molecule has 0 aliphatic rings. The molecule has 146 valence electrons. The van der Waals surface area contributed by atoms with Gasteiger partial charge in [-0.15, -0.1) is 0 Å². The zero-order valence-electron chi connectivity index (χ0n) is 16.4. The van der Waals surface area contributed by atoms with Gasteiger partial charge in [-0.2, -0.15) is 0 Å². The van der Waals surface area contributed by atoms with Crippen LogP contribution in [0.5, 0.6) is 0 Å². The topological polar surface area (TPSA) is 84.2 Å². The molecule has 0 atom stereocenters. The number of rotatable bonds is 8. The van der Waals surface area contributed by atoms with Crippen molar-refractivity contribution < 1.29 is 4.92 Å². The van der Waals surface area contributed by atoms with Crippen LogP contribution in [0.1, 0.15) is 27.2 Å². The van der Waals surface area contributed by atoms with Gasteiger partial charge in [0.25, 0.3) is 0 Å². The summed E-state index contributed by atoms with van der Waals surface area (Å²) in [5.41, 5.74) is 0.788. The predicted octanol–water partition coefficient (Wildman–Crippen LogP) is 5.15. The number of nitrogens with one attached hydrogen (secondary N) is 1. The third kappa shape index (κ3) is 4.03. The van der Waals surface area contributed by atoms with Gasteiger partial charge in [0.1, 0.15) is 6.33 Å². The quantitative estimate of drug-likeness (QED) is 0.430. The minimum Gasteiger partial charge on any atom is -0.364 e. The van der Waals surface area contributed by atoms with Crippen molar-refractivity contribution in [2.75, 3.05) is 23.3 Å². The Balaban J connectivity index is 2.08. The number of hydrogen-bond acceptors (Lipinski definition) is 6. The summed E-state index contributed by atoms with van der Waals surface area (Å²) in [7, 11) is 0. The van der Waals surface area contributed by atoms with Crippen LogP contribution in [0.2, 0.25) is 0 Å². The molecule has 0 saturated carbocycles. The van der Waals surface area contributed by atoms with Crippen LogP contribution < -0.4 is 10.2 Å². The van der Waals surface area contributed by atoms with E-state index in [1.165, 1.54) is 6.33 Å². The van der Waals surface area contributed by atoms with Gasteiger partial charge in [-0.3, -0.25) is 10.1 Å². The van der Waals surface area contributed by atoms with Gasteiger partial charge in [0.15, 0.2) is 0 Å². The lowest BCUT2D eigenvalue weighted by molar-refractivity contribution is -0.383. The first-order chi connectivity index (χ1) is 13.5. The van der Waals surface area contributed by atoms with Crippen LogP contribution in [-0.4, -0.2) is 28.0 Å². The fourth-order valence-corrected chi connectivity index (χ4v) is 3.22. The van der Waals surface area contributed by atoms with E-state index in [-0.39, 0.29) is 11.5 Å². The molecule has 0 spiro atoms. The van der Waals surface area contributed by atoms with Gasteiger partial charge in [-0.25, -0.2) is 9.97 Å². The van der Waals surface area contributed by atoms with Gasteiger partial charge in [0.05, 0.1) is 10.6 Å². The summed E-state index contributed by atoms with van der Waals surface area (Å²) in [5, 5.41) is 17.1. The summed E-state index contributed by atoms with van der Waals surface area (Å²) in [4.78, 5) is 21.8. The van der Waals surface area contributed by atoms with Crippen molar-refractivity contribution in [1.29, 1.82) is 0 Å². The highest BCUT2D eigenvalue weighted by atomic mass is 16.6. The standard InChI is InChI=1S/C21H25N5O2/c1-4-25(18-11-7-9-16-8-5-6-10-17(16)18)21-19(26(27)28)20(23-14-24-21)22-13-12-15(2)3/h5-11,14-15H,4,12-13H2,1-3H3,(H,22,23,24). The van der Waals surface area contributed by atoms with Crippen molar-refractivity contribution in [3.8, 4) is 0 Å². The molecule has 0 bridgehead atoms. The molecule has 7 heteroatoms. The van der Waals surface area contributed by atoms with Gasteiger partial charge >= 0.3 is 5.69 Å². The second-order valence-electron chi connectivity index (χ2n) is 7.00. The molecule has 0 radical (unpaired) electrons. The number of benzene rings is 2. The number of nitrogens with zero attached hydrogens (tertiary/aromatic N) is 4. The van der Waals surface area contributed by atoms with E-state index in [1.807, 2.05) is 54.3 Å². The van der Waals surface area contributed by atoms with Crippen molar-refractivity contribution in [1.82, 2.24) is 9.97 Å². The molecule has 28 heavy (non-hydrogen) atoms. The molecule has 0 saturated heterocycles. The summed E-state index contributed by atoms with van der Waals surface area (Å²) in [5.74, 6) is 1.05. The molecule has 1 aromatic heterocycles. The van der Waals surface area contributed by atoms with E-state index in [9.17, 15) is 10.1 Å². The van der Waals surface area contributed by atoms with E-state index in [2.05, 4.69) is 29.1 Å². The number of nitro groups is 1. The lowest BCUT2D eigenvalue weighted by Crippen LogP contribution is -2.20. The molecule has 1 heterocycles. The SMILES string of the molecule is CCN(c1ncnc(NCCC(C)C)c1[N+](=O)[O-])c1cccc2ccccc12. The van der Waals surface area contributed by atoms with E-state index in [4.69, 9.17) is 0 Å². The maximum atomic E-state index is 11.9. The van der Waals surface area contributed by atoms with Crippen LogP contribution in [0, 0.1) is 16.0 Å². The van der Waals surface area contributed by atoms with Crippen LogP contribution >= 0.6 is 0 Å². The fraction of sp³-hybridized carbons (Fsp3) is 0.333. The number of aromatic nitrogens is 2. The van der Waals surface area contributed by atoms with E-state index >= 15 is 0 Å². The molecule has 2 aromatic carbocycles. The van der Waals surface area contributed by atoms with Crippen LogP contribution in [0.3, 0.4) is 0 Å². The normalized spacial score (nSPS) is 11.0. The highest BCUT2D eigenvalue weighted by Crippen LogP contribution is 2.38. The lowest BCUT2D eigenvalue weighted by Gasteiger charge is -2.24. The Kier molecular flexibility index (Phi) is 6.03. The predicted molar refractivity (Wildman–Crippen MR) is 113 cm³/mol. The Hall–Kier alpha value is -3.22. The first-order valence-corrected chi connectivity index (χ1v) is 9.51. The lowest BCUT2D eigenvalue weighted by atomic mass is 10.1. The minimum atomic E-state index is -0.402. The first kappa shape index (κ1) is 19.5. The summed E-state index contributed by atoms with van der Waals surface area (Å²) < 4.78 is 0. The van der Waals surface area contributed by atoms with E-state index in [0.717, 1.165) is 22.9 Å². The van der Waals surface area contributed by atoms with E-state index in [1.54, 1.807) is 0 Å². The minimum absolute atomic E-state index is 0.0963. The van der Waals surface area contributed by atoms with Gasteiger partial charge in [-0.05, 0) is 30.7 Å². The average molecular weight is 379 g/mol. The zero-order valence-corrected chi connectivity index (χ0v) is 16.4. The monoisotopic (exact) mass is 379 g/mol. The van der Waals surface area contributed by atoms with Gasteiger partial charge in [0.2, 0.25) is 11.6 Å². The van der Waals surface area contributed by atoms with Crippen LogP contribution in [0.4, 0.5) is 23.0 Å². The van der Waals surface area contributed by atoms with Gasteiger partial charge in [0, 0.05) is 18.5 Å². The molecule has 7 nitrogen and oxygen atoms in total. The molecule has 0 aliphatic carbocycles. The zero-order chi connectivity index (χ0) is 20.1. The van der Waals surface area contributed by atoms with Gasteiger partial charge < -0.3 is 10.2 Å². The molecule has 0 fully saturated rings. The third-order valence-electron chi connectivity index (χ3n) is 4.63. The summed E-state index contributed by atoms with van der Waals surface area (Å²) >= 11 is 0. The van der Waals surface area contributed by atoms with Crippen LogP contribution in [0.15, 0.2) is 48.8 Å². The molecule has 0 aliphatic heterocycles. The molecule has 1 N–H and O–H groups in total. The van der Waals surface area contributed by atoms with E-state index in [0.29, 0.717) is 24.8 Å². The molecule has 0 amide bonds. The number of hydrogen-bond donors (Lipinski definition) is 1. The van der Waals surface area contributed by atoms with Crippen molar-refractivity contribution in [2.45, 2.75) is 27.2 Å². The Bertz CT molecular complexity index is 969. The maximum absolute atomic E-state index is 11.9. The average Bonchev–Trinajstić information content (AvgIpc) is 2.68. The molecular weight excluding hydrogens is 354 g/mol. The highest BCUT2D eigenvalue weighted by molar-refractivity contribution is 5.96. The Morgan fingerprint density at radius 1 is 1.14 bits per heavy atom. The highest BCUT2D eigenvalue weighted by Gasteiger charge is 2.27.